The molecule has 0 aliphatic heterocycles. The Labute approximate surface area is 132 Å². The molecular weight excluding hydrogens is 328 g/mol. The number of hydrogen-bond donors (Lipinski definition) is 1. The third-order valence-electron chi connectivity index (χ3n) is 3.28. The number of nitrogens with one attached hydrogen (secondary N) is 1. The summed E-state index contributed by atoms with van der Waals surface area (Å²) in [7, 11) is 0. The van der Waals surface area contributed by atoms with Crippen LogP contribution in [0.2, 0.25) is 0 Å². The summed E-state index contributed by atoms with van der Waals surface area (Å²) in [6.07, 6.45) is 3.38. The first-order valence-electron chi connectivity index (χ1n) is 6.66. The van der Waals surface area contributed by atoms with Crippen molar-refractivity contribution in [3.05, 3.63) is 70.7 Å². The van der Waals surface area contributed by atoms with Gasteiger partial charge in [-0.15, -0.1) is 10.2 Å². The Kier molecular flexibility index (Phi) is 4.01. The fraction of sp³-hybridized carbons (Fsp3) is 0.125. The molecule has 0 aliphatic rings. The van der Waals surface area contributed by atoms with Gasteiger partial charge in [0.2, 0.25) is 0 Å². The lowest BCUT2D eigenvalue weighted by molar-refractivity contribution is 1.05. The number of halogens is 1. The van der Waals surface area contributed by atoms with E-state index in [1.165, 1.54) is 11.1 Å². The summed E-state index contributed by atoms with van der Waals surface area (Å²) in [5.41, 5.74) is 4.61. The molecular formula is C16H15BrN4. The highest BCUT2D eigenvalue weighted by atomic mass is 79.9. The van der Waals surface area contributed by atoms with Gasteiger partial charge in [0.05, 0.1) is 5.69 Å². The van der Waals surface area contributed by atoms with Gasteiger partial charge in [0.25, 0.3) is 0 Å². The number of hydrogen-bond acceptors (Lipinski definition) is 3. The predicted molar refractivity (Wildman–Crippen MR) is 87.6 cm³/mol. The van der Waals surface area contributed by atoms with Crippen molar-refractivity contribution < 1.29 is 0 Å². The molecule has 0 radical (unpaired) electrons. The molecule has 0 fully saturated rings. The second-order valence-electron chi connectivity index (χ2n) is 4.86. The monoisotopic (exact) mass is 342 g/mol. The van der Waals surface area contributed by atoms with E-state index in [0.29, 0.717) is 0 Å². The molecule has 106 valence electrons. The SMILES string of the molecule is Cc1cc(CNc2cccc(-n3cnnc3)c2)ccc1Br. The van der Waals surface area contributed by atoms with E-state index in [2.05, 4.69) is 68.7 Å². The summed E-state index contributed by atoms with van der Waals surface area (Å²) < 4.78 is 3.02. The van der Waals surface area contributed by atoms with Crippen molar-refractivity contribution in [3.8, 4) is 5.69 Å². The summed E-state index contributed by atoms with van der Waals surface area (Å²) in [6.45, 7) is 2.89. The molecule has 0 unspecified atom stereocenters. The summed E-state index contributed by atoms with van der Waals surface area (Å²) in [6, 6.07) is 14.6. The van der Waals surface area contributed by atoms with Crippen molar-refractivity contribution in [2.24, 2.45) is 0 Å². The van der Waals surface area contributed by atoms with Gasteiger partial charge in [-0.05, 0) is 42.3 Å². The molecule has 0 atom stereocenters. The molecule has 5 heteroatoms. The van der Waals surface area contributed by atoms with Crippen LogP contribution in [0.4, 0.5) is 5.69 Å². The van der Waals surface area contributed by atoms with Crippen LogP contribution in [0.3, 0.4) is 0 Å². The quantitative estimate of drug-likeness (QED) is 0.780. The number of benzene rings is 2. The van der Waals surface area contributed by atoms with Gasteiger partial charge in [-0.25, -0.2) is 0 Å². The van der Waals surface area contributed by atoms with Crippen LogP contribution in [0.1, 0.15) is 11.1 Å². The van der Waals surface area contributed by atoms with E-state index in [1.807, 2.05) is 16.7 Å². The van der Waals surface area contributed by atoms with Gasteiger partial charge in [0.1, 0.15) is 12.7 Å². The Morgan fingerprint density at radius 3 is 2.67 bits per heavy atom. The number of aryl methyl sites for hydroxylation is 1. The first kappa shape index (κ1) is 13.8. The molecule has 0 saturated carbocycles. The fourth-order valence-electron chi connectivity index (χ4n) is 2.13. The summed E-state index contributed by atoms with van der Waals surface area (Å²) in [5.74, 6) is 0. The van der Waals surface area contributed by atoms with Crippen LogP contribution in [-0.2, 0) is 6.54 Å². The molecule has 1 aromatic heterocycles. The van der Waals surface area contributed by atoms with Crippen LogP contribution in [0, 0.1) is 6.92 Å². The van der Waals surface area contributed by atoms with Crippen molar-refractivity contribution in [1.82, 2.24) is 14.8 Å². The second-order valence-corrected chi connectivity index (χ2v) is 5.71. The average molecular weight is 343 g/mol. The molecule has 0 aliphatic carbocycles. The van der Waals surface area contributed by atoms with Gasteiger partial charge >= 0.3 is 0 Å². The van der Waals surface area contributed by atoms with Crippen LogP contribution in [-0.4, -0.2) is 14.8 Å². The van der Waals surface area contributed by atoms with Crippen molar-refractivity contribution in [1.29, 1.82) is 0 Å². The van der Waals surface area contributed by atoms with Crippen LogP contribution in [0.15, 0.2) is 59.6 Å². The lowest BCUT2D eigenvalue weighted by Gasteiger charge is -2.10. The van der Waals surface area contributed by atoms with E-state index >= 15 is 0 Å². The van der Waals surface area contributed by atoms with Crippen LogP contribution < -0.4 is 5.32 Å². The minimum absolute atomic E-state index is 0.791. The van der Waals surface area contributed by atoms with Crippen LogP contribution >= 0.6 is 15.9 Å². The van der Waals surface area contributed by atoms with Gasteiger partial charge in [-0.1, -0.05) is 34.1 Å². The third kappa shape index (κ3) is 3.31. The van der Waals surface area contributed by atoms with E-state index in [-0.39, 0.29) is 0 Å². The Morgan fingerprint density at radius 1 is 1.10 bits per heavy atom. The zero-order chi connectivity index (χ0) is 14.7. The number of anilines is 1. The van der Waals surface area contributed by atoms with E-state index in [4.69, 9.17) is 0 Å². The molecule has 0 amide bonds. The van der Waals surface area contributed by atoms with Crippen molar-refractivity contribution in [2.45, 2.75) is 13.5 Å². The van der Waals surface area contributed by atoms with Crippen molar-refractivity contribution in [3.63, 3.8) is 0 Å². The van der Waals surface area contributed by atoms with Gasteiger partial charge in [0.15, 0.2) is 0 Å². The minimum atomic E-state index is 0.791. The zero-order valence-corrected chi connectivity index (χ0v) is 13.2. The summed E-state index contributed by atoms with van der Waals surface area (Å²) >= 11 is 3.52. The number of rotatable bonds is 4. The van der Waals surface area contributed by atoms with Gasteiger partial charge in [0, 0.05) is 16.7 Å². The normalized spacial score (nSPS) is 10.6. The predicted octanol–water partition coefficient (Wildman–Crippen LogP) is 3.95. The fourth-order valence-corrected chi connectivity index (χ4v) is 2.38. The Morgan fingerprint density at radius 2 is 1.90 bits per heavy atom. The highest BCUT2D eigenvalue weighted by Gasteiger charge is 2.00. The smallest absolute Gasteiger partial charge is 0.123 e. The molecule has 4 nitrogen and oxygen atoms in total. The van der Waals surface area contributed by atoms with Crippen LogP contribution in [0.25, 0.3) is 5.69 Å². The van der Waals surface area contributed by atoms with Crippen molar-refractivity contribution in [2.75, 3.05) is 5.32 Å². The maximum absolute atomic E-state index is 3.83. The van der Waals surface area contributed by atoms with E-state index in [9.17, 15) is 0 Å². The largest absolute Gasteiger partial charge is 0.381 e. The third-order valence-corrected chi connectivity index (χ3v) is 4.17. The highest BCUT2D eigenvalue weighted by molar-refractivity contribution is 9.10. The van der Waals surface area contributed by atoms with Crippen molar-refractivity contribution >= 4 is 21.6 Å². The molecule has 1 heterocycles. The lowest BCUT2D eigenvalue weighted by atomic mass is 10.1. The Hall–Kier alpha value is -2.14. The molecule has 0 spiro atoms. The number of aromatic nitrogens is 3. The van der Waals surface area contributed by atoms with E-state index < -0.39 is 0 Å². The first-order valence-corrected chi connectivity index (χ1v) is 7.45. The highest BCUT2D eigenvalue weighted by Crippen LogP contribution is 2.19. The Bertz CT molecular complexity index is 738. The van der Waals surface area contributed by atoms with Gasteiger partial charge < -0.3 is 5.32 Å². The maximum atomic E-state index is 3.83. The lowest BCUT2D eigenvalue weighted by Crippen LogP contribution is -2.00. The number of nitrogens with zero attached hydrogens (tertiary/aromatic N) is 3. The second kappa shape index (κ2) is 6.10. The standard InChI is InChI=1S/C16H15BrN4/c1-12-7-13(5-6-16(12)17)9-18-14-3-2-4-15(8-14)21-10-19-20-11-21/h2-8,10-11,18H,9H2,1H3. The molecule has 3 rings (SSSR count). The van der Waals surface area contributed by atoms with E-state index in [0.717, 1.165) is 22.4 Å². The molecule has 1 N–H and O–H groups in total. The first-order chi connectivity index (χ1) is 10.2. The molecule has 3 aromatic rings. The van der Waals surface area contributed by atoms with Crippen LogP contribution in [0.5, 0.6) is 0 Å². The van der Waals surface area contributed by atoms with Gasteiger partial charge in [-0.3, -0.25) is 4.57 Å². The van der Waals surface area contributed by atoms with Gasteiger partial charge in [-0.2, -0.15) is 0 Å². The summed E-state index contributed by atoms with van der Waals surface area (Å²) in [5, 5.41) is 11.1. The molecule has 2 aromatic carbocycles. The average Bonchev–Trinajstić information content (AvgIpc) is 3.03. The zero-order valence-electron chi connectivity index (χ0n) is 11.6. The molecule has 21 heavy (non-hydrogen) atoms. The molecule has 0 bridgehead atoms. The molecule has 0 saturated heterocycles. The van der Waals surface area contributed by atoms with E-state index in [1.54, 1.807) is 12.7 Å². The maximum Gasteiger partial charge on any atom is 0.123 e. The summed E-state index contributed by atoms with van der Waals surface area (Å²) in [4.78, 5) is 0. The minimum Gasteiger partial charge on any atom is -0.381 e. The topological polar surface area (TPSA) is 42.7 Å². The Balaban J connectivity index is 1.73.